The SMILES string of the molecule is Cc1ccc(NC(=O)c2cccc(Br)c2C)cn1. The maximum atomic E-state index is 12.1. The molecule has 1 heterocycles. The summed E-state index contributed by atoms with van der Waals surface area (Å²) in [6.07, 6.45) is 1.65. The molecule has 0 aliphatic heterocycles. The largest absolute Gasteiger partial charge is 0.321 e. The lowest BCUT2D eigenvalue weighted by Crippen LogP contribution is -2.13. The number of pyridine rings is 1. The van der Waals surface area contributed by atoms with Gasteiger partial charge in [0.15, 0.2) is 0 Å². The highest BCUT2D eigenvalue weighted by molar-refractivity contribution is 9.10. The predicted octanol–water partition coefficient (Wildman–Crippen LogP) is 3.71. The number of carbonyl (C=O) groups excluding carboxylic acids is 1. The maximum Gasteiger partial charge on any atom is 0.256 e. The molecule has 1 amide bonds. The van der Waals surface area contributed by atoms with Crippen LogP contribution in [0.5, 0.6) is 0 Å². The quantitative estimate of drug-likeness (QED) is 0.919. The van der Waals surface area contributed by atoms with E-state index < -0.39 is 0 Å². The fraction of sp³-hybridized carbons (Fsp3) is 0.143. The number of hydrogen-bond acceptors (Lipinski definition) is 2. The van der Waals surface area contributed by atoms with Crippen molar-refractivity contribution in [3.8, 4) is 0 Å². The van der Waals surface area contributed by atoms with E-state index in [2.05, 4.69) is 26.2 Å². The summed E-state index contributed by atoms with van der Waals surface area (Å²) in [7, 11) is 0. The van der Waals surface area contributed by atoms with Gasteiger partial charge in [-0.3, -0.25) is 9.78 Å². The van der Waals surface area contributed by atoms with Crippen LogP contribution < -0.4 is 5.32 Å². The summed E-state index contributed by atoms with van der Waals surface area (Å²) in [5.41, 5.74) is 3.21. The van der Waals surface area contributed by atoms with Gasteiger partial charge in [-0.15, -0.1) is 0 Å². The fourth-order valence-corrected chi connectivity index (χ4v) is 1.96. The molecular weight excluding hydrogens is 292 g/mol. The molecule has 1 N–H and O–H groups in total. The highest BCUT2D eigenvalue weighted by Gasteiger charge is 2.10. The average Bonchev–Trinajstić information content (AvgIpc) is 2.35. The van der Waals surface area contributed by atoms with Crippen LogP contribution in [0.3, 0.4) is 0 Å². The monoisotopic (exact) mass is 304 g/mol. The van der Waals surface area contributed by atoms with E-state index >= 15 is 0 Å². The zero-order valence-electron chi connectivity index (χ0n) is 10.2. The molecule has 0 aliphatic carbocycles. The Bertz CT molecular complexity index is 579. The summed E-state index contributed by atoms with van der Waals surface area (Å²) in [5.74, 6) is -0.126. The molecule has 18 heavy (non-hydrogen) atoms. The number of nitrogens with one attached hydrogen (secondary N) is 1. The minimum absolute atomic E-state index is 0.126. The molecule has 0 radical (unpaired) electrons. The summed E-state index contributed by atoms with van der Waals surface area (Å²) >= 11 is 3.42. The van der Waals surface area contributed by atoms with Crippen molar-refractivity contribution in [2.75, 3.05) is 5.32 Å². The highest BCUT2D eigenvalue weighted by atomic mass is 79.9. The van der Waals surface area contributed by atoms with Crippen molar-refractivity contribution >= 4 is 27.5 Å². The number of nitrogens with zero attached hydrogens (tertiary/aromatic N) is 1. The Hall–Kier alpha value is -1.68. The first-order valence-corrected chi connectivity index (χ1v) is 6.36. The van der Waals surface area contributed by atoms with Crippen LogP contribution in [0.2, 0.25) is 0 Å². The molecule has 0 spiro atoms. The van der Waals surface area contributed by atoms with E-state index in [9.17, 15) is 4.79 Å². The predicted molar refractivity (Wildman–Crippen MR) is 75.8 cm³/mol. The molecule has 0 bridgehead atoms. The molecule has 3 nitrogen and oxygen atoms in total. The zero-order chi connectivity index (χ0) is 13.1. The van der Waals surface area contributed by atoms with E-state index in [0.29, 0.717) is 11.3 Å². The Kier molecular flexibility index (Phi) is 3.77. The van der Waals surface area contributed by atoms with Crippen molar-refractivity contribution < 1.29 is 4.79 Å². The summed E-state index contributed by atoms with van der Waals surface area (Å²) in [6, 6.07) is 9.27. The number of aryl methyl sites for hydroxylation is 1. The van der Waals surface area contributed by atoms with Gasteiger partial charge in [0.05, 0.1) is 11.9 Å². The van der Waals surface area contributed by atoms with Crippen molar-refractivity contribution in [1.82, 2.24) is 4.98 Å². The Labute approximate surface area is 114 Å². The lowest BCUT2D eigenvalue weighted by atomic mass is 10.1. The van der Waals surface area contributed by atoms with Crippen molar-refractivity contribution in [2.24, 2.45) is 0 Å². The van der Waals surface area contributed by atoms with Gasteiger partial charge in [0.2, 0.25) is 0 Å². The molecule has 2 rings (SSSR count). The molecular formula is C14H13BrN2O. The lowest BCUT2D eigenvalue weighted by molar-refractivity contribution is 0.102. The summed E-state index contributed by atoms with van der Waals surface area (Å²) in [5, 5.41) is 2.83. The van der Waals surface area contributed by atoms with Gasteiger partial charge in [-0.25, -0.2) is 0 Å². The minimum atomic E-state index is -0.126. The highest BCUT2D eigenvalue weighted by Crippen LogP contribution is 2.20. The third-order valence-electron chi connectivity index (χ3n) is 2.68. The van der Waals surface area contributed by atoms with Crippen LogP contribution in [0.4, 0.5) is 5.69 Å². The zero-order valence-corrected chi connectivity index (χ0v) is 11.8. The van der Waals surface area contributed by atoms with Crippen molar-refractivity contribution in [1.29, 1.82) is 0 Å². The second-order valence-corrected chi connectivity index (χ2v) is 4.91. The number of hydrogen-bond donors (Lipinski definition) is 1. The van der Waals surface area contributed by atoms with Gasteiger partial charge in [0.25, 0.3) is 5.91 Å². The second-order valence-electron chi connectivity index (χ2n) is 4.05. The average molecular weight is 305 g/mol. The van der Waals surface area contributed by atoms with Gasteiger partial charge in [0, 0.05) is 15.7 Å². The Morgan fingerprint density at radius 1 is 1.22 bits per heavy atom. The Morgan fingerprint density at radius 2 is 2.00 bits per heavy atom. The first kappa shape index (κ1) is 12.8. The van der Waals surface area contributed by atoms with Gasteiger partial charge in [-0.05, 0) is 43.7 Å². The lowest BCUT2D eigenvalue weighted by Gasteiger charge is -2.08. The number of rotatable bonds is 2. The summed E-state index contributed by atoms with van der Waals surface area (Å²) < 4.78 is 0.928. The van der Waals surface area contributed by atoms with Crippen molar-refractivity contribution in [3.05, 3.63) is 57.8 Å². The molecule has 0 atom stereocenters. The van der Waals surface area contributed by atoms with Crippen LogP contribution in [0.1, 0.15) is 21.6 Å². The van der Waals surface area contributed by atoms with Gasteiger partial charge >= 0.3 is 0 Å². The molecule has 4 heteroatoms. The first-order valence-electron chi connectivity index (χ1n) is 5.57. The van der Waals surface area contributed by atoms with Crippen LogP contribution in [0.15, 0.2) is 41.0 Å². The number of benzene rings is 1. The van der Waals surface area contributed by atoms with E-state index in [1.807, 2.05) is 38.1 Å². The Balaban J connectivity index is 2.22. The van der Waals surface area contributed by atoms with Crippen molar-refractivity contribution in [2.45, 2.75) is 13.8 Å². The van der Waals surface area contributed by atoms with Gasteiger partial charge in [-0.1, -0.05) is 22.0 Å². The standard InChI is InChI=1S/C14H13BrN2O/c1-9-6-7-11(8-16-9)17-14(18)12-4-3-5-13(15)10(12)2/h3-8H,1-2H3,(H,17,18). The molecule has 0 unspecified atom stereocenters. The van der Waals surface area contributed by atoms with E-state index in [0.717, 1.165) is 15.7 Å². The minimum Gasteiger partial charge on any atom is -0.321 e. The molecule has 0 saturated heterocycles. The van der Waals surface area contributed by atoms with Gasteiger partial charge in [0.1, 0.15) is 0 Å². The number of amides is 1. The van der Waals surface area contributed by atoms with Crippen LogP contribution in [0, 0.1) is 13.8 Å². The van der Waals surface area contributed by atoms with Crippen LogP contribution in [-0.2, 0) is 0 Å². The topological polar surface area (TPSA) is 42.0 Å². The normalized spacial score (nSPS) is 10.2. The van der Waals surface area contributed by atoms with E-state index in [4.69, 9.17) is 0 Å². The number of aromatic nitrogens is 1. The van der Waals surface area contributed by atoms with E-state index in [1.54, 1.807) is 12.3 Å². The molecule has 92 valence electrons. The molecule has 0 aliphatic rings. The second kappa shape index (κ2) is 5.31. The van der Waals surface area contributed by atoms with Crippen LogP contribution in [0.25, 0.3) is 0 Å². The van der Waals surface area contributed by atoms with Crippen LogP contribution >= 0.6 is 15.9 Å². The van der Waals surface area contributed by atoms with E-state index in [-0.39, 0.29) is 5.91 Å². The summed E-state index contributed by atoms with van der Waals surface area (Å²) in [4.78, 5) is 16.3. The number of carbonyl (C=O) groups is 1. The molecule has 0 fully saturated rings. The van der Waals surface area contributed by atoms with Gasteiger partial charge in [-0.2, -0.15) is 0 Å². The first-order chi connectivity index (χ1) is 8.58. The molecule has 0 saturated carbocycles. The Morgan fingerprint density at radius 3 is 2.67 bits per heavy atom. The maximum absolute atomic E-state index is 12.1. The smallest absolute Gasteiger partial charge is 0.256 e. The fourth-order valence-electron chi connectivity index (χ4n) is 1.59. The third-order valence-corrected chi connectivity index (χ3v) is 3.54. The van der Waals surface area contributed by atoms with Gasteiger partial charge < -0.3 is 5.32 Å². The third kappa shape index (κ3) is 2.76. The van der Waals surface area contributed by atoms with E-state index in [1.165, 1.54) is 0 Å². The number of anilines is 1. The van der Waals surface area contributed by atoms with Crippen LogP contribution in [-0.4, -0.2) is 10.9 Å². The summed E-state index contributed by atoms with van der Waals surface area (Å²) in [6.45, 7) is 3.82. The number of halogens is 1. The molecule has 1 aromatic heterocycles. The van der Waals surface area contributed by atoms with Crippen molar-refractivity contribution in [3.63, 3.8) is 0 Å². The molecule has 1 aromatic carbocycles. The molecule has 2 aromatic rings.